The molecule has 0 bridgehead atoms. The van der Waals surface area contributed by atoms with Gasteiger partial charge in [-0.3, -0.25) is 9.67 Å². The Bertz CT molecular complexity index is 558. The van der Waals surface area contributed by atoms with Crippen molar-refractivity contribution in [3.05, 3.63) is 30.2 Å². The van der Waals surface area contributed by atoms with E-state index >= 15 is 0 Å². The molecule has 2 aromatic rings. The average molecular weight is 246 g/mol. The van der Waals surface area contributed by atoms with Crippen LogP contribution in [0.1, 0.15) is 17.3 Å². The molecule has 18 heavy (non-hydrogen) atoms. The zero-order valence-electron chi connectivity index (χ0n) is 10.3. The van der Waals surface area contributed by atoms with Crippen LogP contribution in [-0.4, -0.2) is 27.3 Å². The highest BCUT2D eigenvalue weighted by Crippen LogP contribution is 2.24. The van der Waals surface area contributed by atoms with Crippen LogP contribution in [0.4, 0.5) is 5.69 Å². The molecular formula is C12H14N4O2. The monoisotopic (exact) mass is 246 g/mol. The fourth-order valence-electron chi connectivity index (χ4n) is 1.70. The van der Waals surface area contributed by atoms with Crippen LogP contribution in [0.25, 0.3) is 11.3 Å². The van der Waals surface area contributed by atoms with Gasteiger partial charge >= 0.3 is 5.97 Å². The maximum atomic E-state index is 11.6. The van der Waals surface area contributed by atoms with Gasteiger partial charge in [-0.2, -0.15) is 5.10 Å². The van der Waals surface area contributed by atoms with Crippen molar-refractivity contribution < 1.29 is 9.53 Å². The zero-order chi connectivity index (χ0) is 13.1. The first-order valence-corrected chi connectivity index (χ1v) is 5.53. The molecule has 0 saturated heterocycles. The number of ether oxygens (including phenoxy) is 1. The standard InChI is InChI=1S/C12H14N4O2/c1-3-18-12(17)9-4-8(5-14-6-9)11-10(13)7-15-16(11)2/h4-7H,3,13H2,1-2H3. The highest BCUT2D eigenvalue weighted by atomic mass is 16.5. The minimum Gasteiger partial charge on any atom is -0.462 e. The van der Waals surface area contributed by atoms with Crippen molar-refractivity contribution in [3.63, 3.8) is 0 Å². The van der Waals surface area contributed by atoms with Crippen LogP contribution in [0.3, 0.4) is 0 Å². The molecule has 0 aliphatic heterocycles. The van der Waals surface area contributed by atoms with Crippen LogP contribution in [0.2, 0.25) is 0 Å². The fraction of sp³-hybridized carbons (Fsp3) is 0.250. The molecule has 0 amide bonds. The number of hydrogen-bond acceptors (Lipinski definition) is 5. The summed E-state index contributed by atoms with van der Waals surface area (Å²) in [5.74, 6) is -0.396. The van der Waals surface area contributed by atoms with Gasteiger partial charge in [-0.25, -0.2) is 4.79 Å². The molecule has 2 N–H and O–H groups in total. The van der Waals surface area contributed by atoms with E-state index in [2.05, 4.69) is 10.1 Å². The van der Waals surface area contributed by atoms with E-state index in [1.807, 2.05) is 0 Å². The molecule has 6 nitrogen and oxygen atoms in total. The van der Waals surface area contributed by atoms with Crippen molar-refractivity contribution in [1.29, 1.82) is 0 Å². The summed E-state index contributed by atoms with van der Waals surface area (Å²) in [6.45, 7) is 2.09. The third kappa shape index (κ3) is 2.17. The molecule has 6 heteroatoms. The summed E-state index contributed by atoms with van der Waals surface area (Å²) in [6, 6.07) is 1.69. The molecule has 0 radical (unpaired) electrons. The molecule has 2 rings (SSSR count). The second-order valence-corrected chi connectivity index (χ2v) is 3.75. The van der Waals surface area contributed by atoms with Gasteiger partial charge in [-0.1, -0.05) is 0 Å². The third-order valence-corrected chi connectivity index (χ3v) is 2.49. The van der Waals surface area contributed by atoms with Gasteiger partial charge in [0.15, 0.2) is 0 Å². The van der Waals surface area contributed by atoms with Gasteiger partial charge in [0.1, 0.15) is 0 Å². The van der Waals surface area contributed by atoms with E-state index in [1.165, 1.54) is 6.20 Å². The van der Waals surface area contributed by atoms with E-state index in [-0.39, 0.29) is 0 Å². The van der Waals surface area contributed by atoms with Crippen molar-refractivity contribution in [1.82, 2.24) is 14.8 Å². The Morgan fingerprint density at radius 1 is 1.44 bits per heavy atom. The molecule has 0 saturated carbocycles. The zero-order valence-corrected chi connectivity index (χ0v) is 10.3. The Hall–Kier alpha value is -2.37. The minimum absolute atomic E-state index is 0.330. The molecule has 2 aromatic heterocycles. The third-order valence-electron chi connectivity index (χ3n) is 2.49. The summed E-state index contributed by atoms with van der Waals surface area (Å²) < 4.78 is 6.57. The topological polar surface area (TPSA) is 83.0 Å². The van der Waals surface area contributed by atoms with Crippen LogP contribution in [-0.2, 0) is 11.8 Å². The molecular weight excluding hydrogens is 232 g/mol. The summed E-state index contributed by atoms with van der Waals surface area (Å²) in [6.07, 6.45) is 4.66. The number of nitrogens with two attached hydrogens (primary N) is 1. The number of carbonyl (C=O) groups excluding carboxylic acids is 1. The lowest BCUT2D eigenvalue weighted by atomic mass is 10.1. The largest absolute Gasteiger partial charge is 0.462 e. The van der Waals surface area contributed by atoms with E-state index < -0.39 is 5.97 Å². The number of nitrogen functional groups attached to an aromatic ring is 1. The summed E-state index contributed by atoms with van der Waals surface area (Å²) in [7, 11) is 1.78. The van der Waals surface area contributed by atoms with E-state index in [9.17, 15) is 4.79 Å². The number of nitrogens with zero attached hydrogens (tertiary/aromatic N) is 3. The molecule has 0 fully saturated rings. The lowest BCUT2D eigenvalue weighted by molar-refractivity contribution is 0.0526. The normalized spacial score (nSPS) is 10.3. The Balaban J connectivity index is 2.42. The molecule has 94 valence electrons. The van der Waals surface area contributed by atoms with E-state index in [0.717, 1.165) is 11.3 Å². The number of hydrogen-bond donors (Lipinski definition) is 1. The van der Waals surface area contributed by atoms with Gasteiger partial charge in [0, 0.05) is 25.0 Å². The van der Waals surface area contributed by atoms with Gasteiger partial charge < -0.3 is 10.5 Å². The highest BCUT2D eigenvalue weighted by Gasteiger charge is 2.12. The number of esters is 1. The maximum absolute atomic E-state index is 11.6. The number of carbonyl (C=O) groups is 1. The lowest BCUT2D eigenvalue weighted by Crippen LogP contribution is -2.06. The smallest absolute Gasteiger partial charge is 0.339 e. The average Bonchev–Trinajstić information content (AvgIpc) is 2.69. The Morgan fingerprint density at radius 2 is 2.22 bits per heavy atom. The second-order valence-electron chi connectivity index (χ2n) is 3.75. The Morgan fingerprint density at radius 3 is 2.83 bits per heavy atom. The summed E-state index contributed by atoms with van der Waals surface area (Å²) in [4.78, 5) is 15.6. The number of aromatic nitrogens is 3. The van der Waals surface area contributed by atoms with E-state index in [4.69, 9.17) is 10.5 Å². The SMILES string of the molecule is CCOC(=O)c1cncc(-c2c(N)cnn2C)c1. The van der Waals surface area contributed by atoms with Crippen LogP contribution in [0, 0.1) is 0 Å². The predicted molar refractivity (Wildman–Crippen MR) is 66.8 cm³/mol. The fourth-order valence-corrected chi connectivity index (χ4v) is 1.70. The van der Waals surface area contributed by atoms with Crippen molar-refractivity contribution in [2.45, 2.75) is 6.92 Å². The van der Waals surface area contributed by atoms with Crippen LogP contribution >= 0.6 is 0 Å². The van der Waals surface area contributed by atoms with Crippen LogP contribution in [0.5, 0.6) is 0 Å². The summed E-state index contributed by atoms with van der Waals surface area (Å²) in [5.41, 5.74) is 8.24. The molecule has 0 aliphatic carbocycles. The van der Waals surface area contributed by atoms with Gasteiger partial charge in [-0.05, 0) is 13.0 Å². The second kappa shape index (κ2) is 4.87. The van der Waals surface area contributed by atoms with Gasteiger partial charge in [0.25, 0.3) is 0 Å². The highest BCUT2D eigenvalue weighted by molar-refractivity contribution is 5.90. The Kier molecular flexibility index (Phi) is 3.27. The lowest BCUT2D eigenvalue weighted by Gasteiger charge is -2.06. The van der Waals surface area contributed by atoms with Gasteiger partial charge in [0.2, 0.25) is 0 Å². The van der Waals surface area contributed by atoms with Crippen molar-refractivity contribution in [2.75, 3.05) is 12.3 Å². The molecule has 0 aromatic carbocycles. The first-order chi connectivity index (χ1) is 8.63. The van der Waals surface area contributed by atoms with E-state index in [0.29, 0.717) is 17.9 Å². The van der Waals surface area contributed by atoms with Crippen molar-refractivity contribution in [3.8, 4) is 11.3 Å². The van der Waals surface area contributed by atoms with Crippen LogP contribution in [0.15, 0.2) is 24.7 Å². The van der Waals surface area contributed by atoms with Crippen LogP contribution < -0.4 is 5.73 Å². The molecule has 0 aliphatic rings. The molecule has 0 spiro atoms. The summed E-state index contributed by atoms with van der Waals surface area (Å²) >= 11 is 0. The molecule has 0 atom stereocenters. The first-order valence-electron chi connectivity index (χ1n) is 5.53. The first kappa shape index (κ1) is 12.1. The molecule has 0 unspecified atom stereocenters. The number of aryl methyl sites for hydroxylation is 1. The number of pyridine rings is 1. The number of anilines is 1. The Labute approximate surface area is 104 Å². The minimum atomic E-state index is -0.396. The summed E-state index contributed by atoms with van der Waals surface area (Å²) in [5, 5.41) is 4.05. The van der Waals surface area contributed by atoms with Crippen molar-refractivity contribution >= 4 is 11.7 Å². The van der Waals surface area contributed by atoms with Gasteiger partial charge in [0.05, 0.1) is 29.7 Å². The number of rotatable bonds is 3. The quantitative estimate of drug-likeness (QED) is 0.824. The van der Waals surface area contributed by atoms with E-state index in [1.54, 1.807) is 37.1 Å². The van der Waals surface area contributed by atoms with Gasteiger partial charge in [-0.15, -0.1) is 0 Å². The predicted octanol–water partition coefficient (Wildman–Crippen LogP) is 1.24. The van der Waals surface area contributed by atoms with Crippen molar-refractivity contribution in [2.24, 2.45) is 7.05 Å². The maximum Gasteiger partial charge on any atom is 0.339 e. The molecule has 2 heterocycles.